The summed E-state index contributed by atoms with van der Waals surface area (Å²) in [5, 5.41) is 12.3. The Morgan fingerprint density at radius 3 is 2.45 bits per heavy atom. The number of pyridine rings is 1. The second-order valence-corrected chi connectivity index (χ2v) is 10.0. The molecule has 1 fully saturated rings. The molecule has 0 spiro atoms. The SMILES string of the molecule is CCC(CC)Sc1nc2nc(N3CCN(C(O)OC(C)(C)C)CC3)c(Cl)cc2[nH]1. The second kappa shape index (κ2) is 9.39. The first-order valence-electron chi connectivity index (χ1n) is 10.3. The zero-order valence-electron chi connectivity index (χ0n) is 17.9. The molecule has 9 heteroatoms. The van der Waals surface area contributed by atoms with Gasteiger partial charge in [0.05, 0.1) is 16.1 Å². The zero-order chi connectivity index (χ0) is 21.2. The smallest absolute Gasteiger partial charge is 0.216 e. The maximum atomic E-state index is 10.3. The number of nitrogens with one attached hydrogen (secondary N) is 1. The summed E-state index contributed by atoms with van der Waals surface area (Å²) in [4.78, 5) is 16.8. The number of hydrogen-bond acceptors (Lipinski definition) is 7. The number of aliphatic hydroxyl groups is 1. The number of H-pyrrole nitrogens is 1. The number of aliphatic hydroxyl groups excluding tert-OH is 1. The quantitative estimate of drug-likeness (QED) is 0.494. The van der Waals surface area contributed by atoms with Crippen molar-refractivity contribution in [3.05, 3.63) is 11.1 Å². The fourth-order valence-electron chi connectivity index (χ4n) is 3.32. The number of ether oxygens (including phenoxy) is 1. The Kier molecular flexibility index (Phi) is 7.32. The summed E-state index contributed by atoms with van der Waals surface area (Å²) < 4.78 is 5.66. The third kappa shape index (κ3) is 5.76. The van der Waals surface area contributed by atoms with Crippen LogP contribution < -0.4 is 4.90 Å². The molecule has 2 aromatic rings. The summed E-state index contributed by atoms with van der Waals surface area (Å²) >= 11 is 8.30. The van der Waals surface area contributed by atoms with E-state index in [2.05, 4.69) is 28.7 Å². The van der Waals surface area contributed by atoms with Crippen molar-refractivity contribution in [3.63, 3.8) is 0 Å². The minimum absolute atomic E-state index is 0.392. The highest BCUT2D eigenvalue weighted by Crippen LogP contribution is 2.31. The van der Waals surface area contributed by atoms with Crippen molar-refractivity contribution < 1.29 is 9.84 Å². The van der Waals surface area contributed by atoms with Crippen molar-refractivity contribution in [2.75, 3.05) is 31.1 Å². The zero-order valence-corrected chi connectivity index (χ0v) is 19.5. The Morgan fingerprint density at radius 1 is 1.21 bits per heavy atom. The van der Waals surface area contributed by atoms with E-state index in [1.807, 2.05) is 31.7 Å². The van der Waals surface area contributed by atoms with E-state index in [-0.39, 0.29) is 0 Å². The van der Waals surface area contributed by atoms with Crippen LogP contribution in [-0.4, -0.2) is 68.4 Å². The largest absolute Gasteiger partial charge is 0.356 e. The predicted molar refractivity (Wildman–Crippen MR) is 120 cm³/mol. The van der Waals surface area contributed by atoms with Crippen LogP contribution in [0.15, 0.2) is 11.2 Å². The van der Waals surface area contributed by atoms with Gasteiger partial charge in [0, 0.05) is 31.4 Å². The van der Waals surface area contributed by atoms with Gasteiger partial charge in [-0.05, 0) is 39.7 Å². The Labute approximate surface area is 182 Å². The lowest BCUT2D eigenvalue weighted by atomic mass is 10.2. The molecular weight excluding hydrogens is 410 g/mol. The third-order valence-corrected chi connectivity index (χ3v) is 6.66. The standard InChI is InChI=1S/C20H32ClN5O2S/c1-6-13(7-2)29-18-22-15-12-14(21)17(23-16(15)24-18)25-8-10-26(11-9-25)19(27)28-20(3,4)5/h12-13,19,27H,6-11H2,1-5H3,(H,22,23,24). The molecule has 1 atom stereocenters. The Morgan fingerprint density at radius 2 is 1.86 bits per heavy atom. The number of imidazole rings is 1. The molecule has 7 nitrogen and oxygen atoms in total. The van der Waals surface area contributed by atoms with Gasteiger partial charge in [0.2, 0.25) is 6.41 Å². The first-order chi connectivity index (χ1) is 13.7. The van der Waals surface area contributed by atoms with Gasteiger partial charge in [-0.25, -0.2) is 9.97 Å². The van der Waals surface area contributed by atoms with Gasteiger partial charge in [-0.2, -0.15) is 0 Å². The lowest BCUT2D eigenvalue weighted by molar-refractivity contribution is -0.239. The van der Waals surface area contributed by atoms with Gasteiger partial charge >= 0.3 is 0 Å². The van der Waals surface area contributed by atoms with Gasteiger partial charge < -0.3 is 19.7 Å². The van der Waals surface area contributed by atoms with E-state index in [9.17, 15) is 5.11 Å². The summed E-state index contributed by atoms with van der Waals surface area (Å²) in [6.07, 6.45) is 1.30. The van der Waals surface area contributed by atoms with Crippen molar-refractivity contribution in [1.29, 1.82) is 0 Å². The number of aromatic nitrogens is 3. The molecule has 0 aromatic carbocycles. The molecular formula is C20H32ClN5O2S. The Hall–Kier alpha value is -1.06. The van der Waals surface area contributed by atoms with E-state index in [1.165, 1.54) is 0 Å². The van der Waals surface area contributed by atoms with Gasteiger partial charge in [0.15, 0.2) is 10.8 Å². The summed E-state index contributed by atoms with van der Waals surface area (Å²) in [5.41, 5.74) is 1.16. The highest BCUT2D eigenvalue weighted by molar-refractivity contribution is 7.99. The molecule has 3 heterocycles. The second-order valence-electron chi connectivity index (χ2n) is 8.34. The number of halogens is 1. The first kappa shape index (κ1) is 22.6. The van der Waals surface area contributed by atoms with Crippen LogP contribution in [0.4, 0.5) is 5.82 Å². The monoisotopic (exact) mass is 441 g/mol. The highest BCUT2D eigenvalue weighted by Gasteiger charge is 2.28. The molecule has 3 rings (SSSR count). The van der Waals surface area contributed by atoms with Crippen LogP contribution in [0.2, 0.25) is 5.02 Å². The number of nitrogens with zero attached hydrogens (tertiary/aromatic N) is 4. The number of fused-ring (bicyclic) bond motifs is 1. The summed E-state index contributed by atoms with van der Waals surface area (Å²) in [6, 6.07) is 1.91. The summed E-state index contributed by atoms with van der Waals surface area (Å²) in [6.45, 7) is 13.0. The van der Waals surface area contributed by atoms with E-state index in [0.29, 0.717) is 42.1 Å². The van der Waals surface area contributed by atoms with Crippen LogP contribution in [0.1, 0.15) is 47.5 Å². The molecule has 162 valence electrons. The number of piperazine rings is 1. The molecule has 1 saturated heterocycles. The van der Waals surface area contributed by atoms with Crippen molar-refractivity contribution in [3.8, 4) is 0 Å². The van der Waals surface area contributed by atoms with Crippen LogP contribution in [0, 0.1) is 0 Å². The van der Waals surface area contributed by atoms with Crippen molar-refractivity contribution in [1.82, 2.24) is 19.9 Å². The minimum Gasteiger partial charge on any atom is -0.356 e. The molecule has 0 amide bonds. The lowest BCUT2D eigenvalue weighted by Gasteiger charge is -2.39. The normalized spacial score (nSPS) is 17.4. The van der Waals surface area contributed by atoms with Gasteiger partial charge in [-0.15, -0.1) is 0 Å². The van der Waals surface area contributed by atoms with Crippen LogP contribution in [0.25, 0.3) is 11.2 Å². The average Bonchev–Trinajstić information content (AvgIpc) is 3.05. The van der Waals surface area contributed by atoms with Crippen LogP contribution in [0.5, 0.6) is 0 Å². The fraction of sp³-hybridized carbons (Fsp3) is 0.700. The van der Waals surface area contributed by atoms with Crippen LogP contribution >= 0.6 is 23.4 Å². The van der Waals surface area contributed by atoms with Gasteiger partial charge in [0.1, 0.15) is 5.82 Å². The van der Waals surface area contributed by atoms with E-state index in [0.717, 1.165) is 29.3 Å². The highest BCUT2D eigenvalue weighted by atomic mass is 35.5. The number of rotatable bonds is 7. The number of aromatic amines is 1. The van der Waals surface area contributed by atoms with Gasteiger partial charge in [-0.3, -0.25) is 4.90 Å². The van der Waals surface area contributed by atoms with Crippen molar-refractivity contribution >= 4 is 40.3 Å². The molecule has 1 unspecified atom stereocenters. The molecule has 1 aliphatic rings. The van der Waals surface area contributed by atoms with Crippen molar-refractivity contribution in [2.45, 2.75) is 69.9 Å². The lowest BCUT2D eigenvalue weighted by Crippen LogP contribution is -2.52. The van der Waals surface area contributed by atoms with Gasteiger partial charge in [0.25, 0.3) is 0 Å². The number of anilines is 1. The molecule has 0 radical (unpaired) electrons. The molecule has 2 aromatic heterocycles. The molecule has 29 heavy (non-hydrogen) atoms. The third-order valence-electron chi connectivity index (χ3n) is 4.96. The number of hydrogen-bond donors (Lipinski definition) is 2. The van der Waals surface area contributed by atoms with Gasteiger partial charge in [-0.1, -0.05) is 37.2 Å². The fourth-order valence-corrected chi connectivity index (χ4v) is 4.55. The predicted octanol–water partition coefficient (Wildman–Crippen LogP) is 4.11. The molecule has 2 N–H and O–H groups in total. The molecule has 0 aliphatic carbocycles. The summed E-state index contributed by atoms with van der Waals surface area (Å²) in [7, 11) is 0. The molecule has 0 bridgehead atoms. The number of thioether (sulfide) groups is 1. The maximum absolute atomic E-state index is 10.3. The van der Waals surface area contributed by atoms with E-state index in [4.69, 9.17) is 21.3 Å². The van der Waals surface area contributed by atoms with Crippen molar-refractivity contribution in [2.24, 2.45) is 0 Å². The van der Waals surface area contributed by atoms with Crippen LogP contribution in [-0.2, 0) is 4.74 Å². The topological polar surface area (TPSA) is 77.5 Å². The average molecular weight is 442 g/mol. The Bertz CT molecular complexity index is 813. The van der Waals surface area contributed by atoms with E-state index >= 15 is 0 Å². The first-order valence-corrected chi connectivity index (χ1v) is 11.5. The van der Waals surface area contributed by atoms with Crippen LogP contribution in [0.3, 0.4) is 0 Å². The maximum Gasteiger partial charge on any atom is 0.216 e. The van der Waals surface area contributed by atoms with E-state index < -0.39 is 12.0 Å². The summed E-state index contributed by atoms with van der Waals surface area (Å²) in [5.74, 6) is 0.746. The molecule has 1 aliphatic heterocycles. The van der Waals surface area contributed by atoms with E-state index in [1.54, 1.807) is 11.8 Å². The molecule has 0 saturated carbocycles. The minimum atomic E-state index is -0.904. The Balaban J connectivity index is 1.69.